The first-order chi connectivity index (χ1) is 17.2. The van der Waals surface area contributed by atoms with Crippen LogP contribution < -0.4 is 15.8 Å². The van der Waals surface area contributed by atoms with E-state index in [1.165, 1.54) is 18.2 Å². The molecule has 1 amide bonds. The summed E-state index contributed by atoms with van der Waals surface area (Å²) >= 11 is 0. The van der Waals surface area contributed by atoms with Crippen LogP contribution in [0.25, 0.3) is 22.5 Å². The van der Waals surface area contributed by atoms with Gasteiger partial charge < -0.3 is 15.8 Å². The van der Waals surface area contributed by atoms with Crippen LogP contribution in [0.1, 0.15) is 27.4 Å². The number of pyridine rings is 1. The van der Waals surface area contributed by atoms with Gasteiger partial charge in [0.05, 0.1) is 11.4 Å². The van der Waals surface area contributed by atoms with Gasteiger partial charge in [0.25, 0.3) is 5.91 Å². The zero-order chi connectivity index (χ0) is 25.8. The number of ether oxygens (including phenoxy) is 1. The van der Waals surface area contributed by atoms with Gasteiger partial charge in [0, 0.05) is 34.6 Å². The minimum absolute atomic E-state index is 0.0538. The number of halogens is 3. The molecule has 4 aromatic rings. The molecule has 0 aliphatic heterocycles. The van der Waals surface area contributed by atoms with Crippen molar-refractivity contribution < 1.29 is 22.7 Å². The minimum atomic E-state index is -3.00. The average Bonchev–Trinajstić information content (AvgIpc) is 2.82. The van der Waals surface area contributed by atoms with Crippen molar-refractivity contribution in [3.05, 3.63) is 89.1 Å². The summed E-state index contributed by atoms with van der Waals surface area (Å²) in [6.45, 7) is 0.541. The van der Waals surface area contributed by atoms with Crippen LogP contribution in [0.5, 0.6) is 5.75 Å². The third-order valence-electron chi connectivity index (χ3n) is 5.24. The number of nitrogens with zero attached hydrogens (tertiary/aromatic N) is 3. The number of hydrogen-bond acceptors (Lipinski definition) is 6. The molecule has 0 unspecified atom stereocenters. The lowest BCUT2D eigenvalue weighted by Gasteiger charge is -2.15. The van der Waals surface area contributed by atoms with Gasteiger partial charge in [-0.1, -0.05) is 18.2 Å². The first kappa shape index (κ1) is 24.6. The predicted octanol–water partition coefficient (Wildman–Crippen LogP) is 5.08. The van der Waals surface area contributed by atoms with Crippen molar-refractivity contribution in [3.8, 4) is 28.3 Å². The minimum Gasteiger partial charge on any atom is -0.434 e. The van der Waals surface area contributed by atoms with Gasteiger partial charge in [-0.05, 0) is 56.3 Å². The standard InChI is InChI=1S/C26H22F3N5O2/c1-14-11-18(12-15(2)32-14)22-21(16-7-9-19(27)10-8-16)34-24(30)23(33-22)25(35)31-13-17-5-3-4-6-20(17)36-26(28)29/h3-12,26H,13H2,1-2H3,(H2,30,34)(H,31,35). The van der Waals surface area contributed by atoms with Crippen LogP contribution in [0.2, 0.25) is 0 Å². The van der Waals surface area contributed by atoms with E-state index in [-0.39, 0.29) is 23.8 Å². The Balaban J connectivity index is 1.73. The highest BCUT2D eigenvalue weighted by Crippen LogP contribution is 2.31. The number of aryl methyl sites for hydroxylation is 2. The molecule has 3 N–H and O–H groups in total. The monoisotopic (exact) mass is 493 g/mol. The molecular formula is C26H22F3N5O2. The van der Waals surface area contributed by atoms with Crippen molar-refractivity contribution in [2.24, 2.45) is 0 Å². The molecule has 0 atom stereocenters. The maximum Gasteiger partial charge on any atom is 0.387 e. The van der Waals surface area contributed by atoms with Crippen LogP contribution in [-0.2, 0) is 6.54 Å². The lowest BCUT2D eigenvalue weighted by molar-refractivity contribution is -0.0504. The van der Waals surface area contributed by atoms with Crippen molar-refractivity contribution >= 4 is 11.7 Å². The molecule has 0 aliphatic carbocycles. The van der Waals surface area contributed by atoms with E-state index in [1.54, 1.807) is 42.5 Å². The van der Waals surface area contributed by atoms with Gasteiger partial charge in [0.1, 0.15) is 11.6 Å². The summed E-state index contributed by atoms with van der Waals surface area (Å²) in [5.41, 5.74) is 9.72. The fourth-order valence-electron chi connectivity index (χ4n) is 3.72. The van der Waals surface area contributed by atoms with E-state index in [2.05, 4.69) is 25.0 Å². The Morgan fingerprint density at radius 2 is 1.58 bits per heavy atom. The quantitative estimate of drug-likeness (QED) is 0.372. The van der Waals surface area contributed by atoms with Crippen molar-refractivity contribution in [1.29, 1.82) is 0 Å². The predicted molar refractivity (Wildman–Crippen MR) is 129 cm³/mol. The number of rotatable bonds is 7. The number of carbonyl (C=O) groups excluding carboxylic acids is 1. The van der Waals surface area contributed by atoms with Crippen LogP contribution in [0.15, 0.2) is 60.7 Å². The molecule has 0 fully saturated rings. The molecular weight excluding hydrogens is 471 g/mol. The van der Waals surface area contributed by atoms with E-state index >= 15 is 0 Å². The summed E-state index contributed by atoms with van der Waals surface area (Å²) in [6.07, 6.45) is 0. The second-order valence-corrected chi connectivity index (χ2v) is 7.97. The first-order valence-electron chi connectivity index (χ1n) is 10.9. The molecule has 2 aromatic heterocycles. The number of hydrogen-bond donors (Lipinski definition) is 2. The van der Waals surface area contributed by atoms with Gasteiger partial charge in [-0.2, -0.15) is 8.78 Å². The molecule has 10 heteroatoms. The van der Waals surface area contributed by atoms with E-state index in [4.69, 9.17) is 5.73 Å². The van der Waals surface area contributed by atoms with Crippen molar-refractivity contribution in [3.63, 3.8) is 0 Å². The number of nitrogens with one attached hydrogen (secondary N) is 1. The van der Waals surface area contributed by atoms with Gasteiger partial charge in [-0.25, -0.2) is 14.4 Å². The number of alkyl halides is 2. The highest BCUT2D eigenvalue weighted by atomic mass is 19.3. The third-order valence-corrected chi connectivity index (χ3v) is 5.24. The smallest absolute Gasteiger partial charge is 0.387 e. The highest BCUT2D eigenvalue weighted by molar-refractivity contribution is 5.98. The van der Waals surface area contributed by atoms with Crippen molar-refractivity contribution in [2.75, 3.05) is 5.73 Å². The molecule has 184 valence electrons. The third kappa shape index (κ3) is 5.60. The Kier molecular flexibility index (Phi) is 7.14. The SMILES string of the molecule is Cc1cc(-c2nc(C(=O)NCc3ccccc3OC(F)F)c(N)nc2-c2ccc(F)cc2)cc(C)n1. The Bertz CT molecular complexity index is 1390. The molecule has 0 saturated carbocycles. The summed E-state index contributed by atoms with van der Waals surface area (Å²) < 4.78 is 43.5. The number of nitrogens with two attached hydrogens (primary N) is 1. The van der Waals surface area contributed by atoms with Crippen LogP contribution in [0.4, 0.5) is 19.0 Å². The maximum absolute atomic E-state index is 13.5. The molecule has 0 bridgehead atoms. The number of anilines is 1. The molecule has 7 nitrogen and oxygen atoms in total. The summed E-state index contributed by atoms with van der Waals surface area (Å²) in [4.78, 5) is 26.4. The largest absolute Gasteiger partial charge is 0.434 e. The summed E-state index contributed by atoms with van der Waals surface area (Å²) in [7, 11) is 0. The molecule has 0 radical (unpaired) electrons. The highest BCUT2D eigenvalue weighted by Gasteiger charge is 2.21. The zero-order valence-electron chi connectivity index (χ0n) is 19.4. The van der Waals surface area contributed by atoms with E-state index in [0.29, 0.717) is 28.1 Å². The van der Waals surface area contributed by atoms with Gasteiger partial charge in [0.15, 0.2) is 11.5 Å². The van der Waals surface area contributed by atoms with Gasteiger partial charge >= 0.3 is 6.61 Å². The fourth-order valence-corrected chi connectivity index (χ4v) is 3.72. The van der Waals surface area contributed by atoms with Crippen molar-refractivity contribution in [1.82, 2.24) is 20.3 Å². The number of nitrogen functional groups attached to an aromatic ring is 1. The number of aromatic nitrogens is 3. The molecule has 2 heterocycles. The number of para-hydroxylation sites is 1. The lowest BCUT2D eigenvalue weighted by atomic mass is 10.0. The topological polar surface area (TPSA) is 103 Å². The van der Waals surface area contributed by atoms with Gasteiger partial charge in [-0.15, -0.1) is 0 Å². The van der Waals surface area contributed by atoms with Crippen LogP contribution >= 0.6 is 0 Å². The molecule has 0 spiro atoms. The summed E-state index contributed by atoms with van der Waals surface area (Å²) in [5, 5.41) is 2.63. The molecule has 36 heavy (non-hydrogen) atoms. The van der Waals surface area contributed by atoms with E-state index < -0.39 is 18.3 Å². The van der Waals surface area contributed by atoms with Crippen LogP contribution in [-0.4, -0.2) is 27.5 Å². The van der Waals surface area contributed by atoms with Crippen LogP contribution in [0, 0.1) is 19.7 Å². The van der Waals surface area contributed by atoms with E-state index in [1.807, 2.05) is 13.8 Å². The Labute approximate surface area is 205 Å². The Morgan fingerprint density at radius 3 is 2.25 bits per heavy atom. The fraction of sp³-hybridized carbons (Fsp3) is 0.154. The molecule has 4 rings (SSSR count). The summed E-state index contributed by atoms with van der Waals surface area (Å²) in [6, 6.07) is 15.4. The second-order valence-electron chi connectivity index (χ2n) is 7.97. The lowest BCUT2D eigenvalue weighted by Crippen LogP contribution is -2.26. The number of benzene rings is 2. The average molecular weight is 493 g/mol. The van der Waals surface area contributed by atoms with Crippen molar-refractivity contribution in [2.45, 2.75) is 27.0 Å². The number of amides is 1. The van der Waals surface area contributed by atoms with E-state index in [0.717, 1.165) is 11.4 Å². The Morgan fingerprint density at radius 1 is 0.944 bits per heavy atom. The normalized spacial score (nSPS) is 10.9. The first-order valence-corrected chi connectivity index (χ1v) is 10.9. The van der Waals surface area contributed by atoms with E-state index in [9.17, 15) is 18.0 Å². The van der Waals surface area contributed by atoms with Gasteiger partial charge in [0.2, 0.25) is 0 Å². The maximum atomic E-state index is 13.5. The molecule has 2 aromatic carbocycles. The molecule has 0 saturated heterocycles. The second kappa shape index (κ2) is 10.4. The zero-order valence-corrected chi connectivity index (χ0v) is 19.4. The van der Waals surface area contributed by atoms with Gasteiger partial charge in [-0.3, -0.25) is 9.78 Å². The van der Waals surface area contributed by atoms with Crippen LogP contribution in [0.3, 0.4) is 0 Å². The Hall–Kier alpha value is -4.47. The number of carbonyl (C=O) groups is 1. The summed E-state index contributed by atoms with van der Waals surface area (Å²) in [5.74, 6) is -1.26. The molecule has 0 aliphatic rings.